The molecule has 0 radical (unpaired) electrons. The largest absolute Gasteiger partial charge is 0.481 e. The van der Waals surface area contributed by atoms with Gasteiger partial charge in [-0.2, -0.15) is 0 Å². The molecular weight excluding hydrogens is 514 g/mol. The highest BCUT2D eigenvalue weighted by molar-refractivity contribution is 8.02. The number of nitrogens with zero attached hydrogens (tertiary/aromatic N) is 3. The summed E-state index contributed by atoms with van der Waals surface area (Å²) in [5.74, 6) is -2.83. The lowest BCUT2D eigenvalue weighted by atomic mass is 9.66. The van der Waals surface area contributed by atoms with Crippen molar-refractivity contribution in [3.8, 4) is 0 Å². The molecule has 214 valence electrons. The number of hydrogen-bond acceptors (Lipinski definition) is 6. The van der Waals surface area contributed by atoms with Gasteiger partial charge >= 0.3 is 5.97 Å². The molecule has 3 fully saturated rings. The van der Waals surface area contributed by atoms with Gasteiger partial charge in [0.05, 0.1) is 16.6 Å². The maximum Gasteiger partial charge on any atom is 0.308 e. The van der Waals surface area contributed by atoms with Gasteiger partial charge in [-0.3, -0.25) is 14.4 Å². The molecule has 5 atom stereocenters. The number of carbonyl (C=O) groups is 3. The minimum atomic E-state index is -0.948. The Labute approximate surface area is 236 Å². The molecule has 3 aliphatic rings. The first kappa shape index (κ1) is 29.5. The normalized spacial score (nSPS) is 29.0. The van der Waals surface area contributed by atoms with Crippen LogP contribution in [-0.2, 0) is 14.4 Å². The number of benzene rings is 1. The van der Waals surface area contributed by atoms with Gasteiger partial charge in [0.2, 0.25) is 5.91 Å². The molecular formula is C30H43N3O5S. The Kier molecular flexibility index (Phi) is 9.01. The Hall–Kier alpha value is -2.52. The van der Waals surface area contributed by atoms with Crippen LogP contribution >= 0.6 is 11.8 Å². The number of carbonyl (C=O) groups excluding carboxylic acids is 2. The van der Waals surface area contributed by atoms with E-state index in [0.717, 1.165) is 37.3 Å². The van der Waals surface area contributed by atoms with Gasteiger partial charge in [0.1, 0.15) is 6.04 Å². The zero-order valence-electron chi connectivity index (χ0n) is 23.5. The van der Waals surface area contributed by atoms with Crippen molar-refractivity contribution in [3.05, 3.63) is 36.9 Å². The maximum atomic E-state index is 14.5. The van der Waals surface area contributed by atoms with Crippen LogP contribution in [0.2, 0.25) is 0 Å². The lowest BCUT2D eigenvalue weighted by molar-refractivity contribution is -0.150. The molecule has 3 heterocycles. The topological polar surface area (TPSA) is 101 Å². The third-order valence-corrected chi connectivity index (χ3v) is 10.9. The van der Waals surface area contributed by atoms with Gasteiger partial charge in [-0.15, -0.1) is 18.3 Å². The van der Waals surface area contributed by atoms with E-state index in [1.54, 1.807) is 27.6 Å². The molecule has 3 aliphatic heterocycles. The summed E-state index contributed by atoms with van der Waals surface area (Å²) in [5, 5.41) is 19.3. The Bertz CT molecular complexity index is 1080. The molecule has 0 aromatic heterocycles. The van der Waals surface area contributed by atoms with E-state index < -0.39 is 33.3 Å². The van der Waals surface area contributed by atoms with Crippen LogP contribution in [0.3, 0.4) is 0 Å². The van der Waals surface area contributed by atoms with E-state index in [4.69, 9.17) is 5.11 Å². The quantitative estimate of drug-likeness (QED) is 0.262. The summed E-state index contributed by atoms with van der Waals surface area (Å²) in [6, 6.07) is 7.19. The molecule has 39 heavy (non-hydrogen) atoms. The van der Waals surface area contributed by atoms with E-state index >= 15 is 0 Å². The molecule has 2 unspecified atom stereocenters. The molecule has 0 saturated carbocycles. The van der Waals surface area contributed by atoms with Gasteiger partial charge in [0.15, 0.2) is 0 Å². The Morgan fingerprint density at radius 1 is 1.10 bits per heavy atom. The molecule has 1 spiro atoms. The van der Waals surface area contributed by atoms with Crippen molar-refractivity contribution in [1.82, 2.24) is 4.90 Å². The monoisotopic (exact) mass is 557 g/mol. The fraction of sp³-hybridized carbons (Fsp3) is 0.633. The van der Waals surface area contributed by atoms with Crippen molar-refractivity contribution in [3.63, 3.8) is 0 Å². The van der Waals surface area contributed by atoms with E-state index in [-0.39, 0.29) is 18.4 Å². The number of aliphatic carboxylic acids is 1. The Morgan fingerprint density at radius 2 is 1.74 bits per heavy atom. The van der Waals surface area contributed by atoms with Crippen LogP contribution in [0.1, 0.15) is 59.3 Å². The highest BCUT2D eigenvalue weighted by atomic mass is 32.2. The minimum Gasteiger partial charge on any atom is -0.481 e. The van der Waals surface area contributed by atoms with Crippen LogP contribution in [0.25, 0.3) is 0 Å². The lowest BCUT2D eigenvalue weighted by Gasteiger charge is -2.37. The number of thioether (sulfide) groups is 1. The van der Waals surface area contributed by atoms with Crippen molar-refractivity contribution >= 4 is 40.9 Å². The number of unbranched alkanes of at least 4 members (excludes halogenated alkanes) is 3. The second kappa shape index (κ2) is 11.9. The molecule has 8 nitrogen and oxygen atoms in total. The molecule has 1 aromatic carbocycles. The molecule has 3 saturated heterocycles. The molecule has 2 N–H and O–H groups in total. The number of likely N-dealkylation sites (tertiary alicyclic amines) is 1. The molecule has 0 aliphatic carbocycles. The fourth-order valence-corrected chi connectivity index (χ4v) is 9.44. The van der Waals surface area contributed by atoms with Crippen molar-refractivity contribution in [2.24, 2.45) is 11.8 Å². The highest BCUT2D eigenvalue weighted by Crippen LogP contribution is 2.71. The van der Waals surface area contributed by atoms with Crippen LogP contribution in [0.5, 0.6) is 0 Å². The first-order chi connectivity index (χ1) is 18.7. The Morgan fingerprint density at radius 3 is 2.33 bits per heavy atom. The van der Waals surface area contributed by atoms with Crippen molar-refractivity contribution in [1.29, 1.82) is 0 Å². The molecule has 2 amide bonds. The number of carboxylic acid groups (broad SMARTS) is 1. The summed E-state index contributed by atoms with van der Waals surface area (Å²) in [6.45, 7) is 12.7. The summed E-state index contributed by atoms with van der Waals surface area (Å²) in [6.07, 6.45) is 6.10. The number of aliphatic hydroxyl groups is 1. The van der Waals surface area contributed by atoms with E-state index in [1.165, 1.54) is 0 Å². The van der Waals surface area contributed by atoms with E-state index in [1.807, 2.05) is 31.2 Å². The number of amides is 2. The van der Waals surface area contributed by atoms with Gasteiger partial charge in [0, 0.05) is 48.9 Å². The van der Waals surface area contributed by atoms with E-state index in [9.17, 15) is 19.5 Å². The third-order valence-electron chi connectivity index (χ3n) is 8.95. The van der Waals surface area contributed by atoms with Crippen molar-refractivity contribution in [2.75, 3.05) is 42.6 Å². The average Bonchev–Trinajstić information content (AvgIpc) is 3.48. The van der Waals surface area contributed by atoms with Crippen molar-refractivity contribution < 1.29 is 24.6 Å². The Balaban J connectivity index is 1.70. The third kappa shape index (κ3) is 5.08. The average molecular weight is 558 g/mol. The standard InChI is InChI=1S/C30H43N3O5S/c1-5-18-32(22-14-12-21(13-15-22)31(6-2)7-3)27(36)25-30-17-16-29(4,39-30)24(28(37)38)23(30)26(35)33(25)19-10-8-9-11-20-34/h5,12-15,23-25,34H,1,6-11,16-20H2,2-4H3,(H,37,38)/t23-,24+,25?,29-,30?/m0/s1. The van der Waals surface area contributed by atoms with Gasteiger partial charge in [-0.25, -0.2) is 0 Å². The van der Waals surface area contributed by atoms with Gasteiger partial charge in [0.25, 0.3) is 5.91 Å². The smallest absolute Gasteiger partial charge is 0.308 e. The molecule has 1 aromatic rings. The number of rotatable bonds is 14. The summed E-state index contributed by atoms with van der Waals surface area (Å²) in [4.78, 5) is 46.6. The van der Waals surface area contributed by atoms with Gasteiger partial charge in [-0.1, -0.05) is 18.9 Å². The predicted octanol–water partition coefficient (Wildman–Crippen LogP) is 4.17. The van der Waals surface area contributed by atoms with Crippen molar-refractivity contribution in [2.45, 2.75) is 74.8 Å². The molecule has 4 rings (SSSR count). The summed E-state index contributed by atoms with van der Waals surface area (Å²) < 4.78 is -1.32. The van der Waals surface area contributed by atoms with E-state index in [2.05, 4.69) is 25.3 Å². The highest BCUT2D eigenvalue weighted by Gasteiger charge is 2.77. The van der Waals surface area contributed by atoms with Gasteiger partial charge in [-0.05, 0) is 70.7 Å². The van der Waals surface area contributed by atoms with Crippen LogP contribution < -0.4 is 9.80 Å². The fourth-order valence-electron chi connectivity index (χ4n) is 7.10. The number of aliphatic hydroxyl groups excluding tert-OH is 1. The first-order valence-electron chi connectivity index (χ1n) is 14.3. The summed E-state index contributed by atoms with van der Waals surface area (Å²) in [5.41, 5.74) is 1.82. The number of anilines is 2. The van der Waals surface area contributed by atoms with Crippen LogP contribution in [0.4, 0.5) is 11.4 Å². The zero-order valence-corrected chi connectivity index (χ0v) is 24.3. The zero-order chi connectivity index (χ0) is 28.4. The number of fused-ring (bicyclic) bond motifs is 1. The number of hydrogen-bond donors (Lipinski definition) is 2. The van der Waals surface area contributed by atoms with Crippen LogP contribution in [0.15, 0.2) is 36.9 Å². The number of carboxylic acids is 1. The van der Waals surface area contributed by atoms with Crippen LogP contribution in [0, 0.1) is 11.8 Å². The molecule has 2 bridgehead atoms. The summed E-state index contributed by atoms with van der Waals surface area (Å²) in [7, 11) is 0. The SMILES string of the molecule is C=CCN(C(=O)C1N(CCCCCCO)C(=O)[C@@H]2[C@H](C(=O)O)[C@]3(C)CCC12S3)c1ccc(N(CC)CC)cc1. The minimum absolute atomic E-state index is 0.133. The van der Waals surface area contributed by atoms with Gasteiger partial charge < -0.3 is 24.9 Å². The first-order valence-corrected chi connectivity index (χ1v) is 15.1. The maximum absolute atomic E-state index is 14.5. The summed E-state index contributed by atoms with van der Waals surface area (Å²) >= 11 is 1.57. The second-order valence-electron chi connectivity index (χ2n) is 11.2. The molecule has 9 heteroatoms. The predicted molar refractivity (Wildman–Crippen MR) is 156 cm³/mol. The lowest BCUT2D eigenvalue weighted by Crippen LogP contribution is -2.55. The van der Waals surface area contributed by atoms with Crippen LogP contribution in [-0.4, -0.2) is 81.2 Å². The second-order valence-corrected chi connectivity index (χ2v) is 13.1. The van der Waals surface area contributed by atoms with E-state index in [0.29, 0.717) is 38.8 Å².